The van der Waals surface area contributed by atoms with E-state index in [9.17, 15) is 8.42 Å². The van der Waals surface area contributed by atoms with Crippen molar-refractivity contribution >= 4 is 9.84 Å². The van der Waals surface area contributed by atoms with Gasteiger partial charge in [0, 0.05) is 24.4 Å². The number of nitrogens with zero attached hydrogens (tertiary/aromatic N) is 1. The molecule has 0 aromatic rings. The summed E-state index contributed by atoms with van der Waals surface area (Å²) in [6, 6.07) is 1.12. The Morgan fingerprint density at radius 1 is 1.22 bits per heavy atom. The summed E-state index contributed by atoms with van der Waals surface area (Å²) in [5.74, 6) is 0.234. The molecule has 1 aliphatic rings. The zero-order chi connectivity index (χ0) is 13.8. The number of rotatable bonds is 5. The summed E-state index contributed by atoms with van der Waals surface area (Å²) < 4.78 is 22.5. The monoisotopic (exact) mass is 276 g/mol. The lowest BCUT2D eigenvalue weighted by Gasteiger charge is -2.25. The van der Waals surface area contributed by atoms with Crippen LogP contribution < -0.4 is 5.32 Å². The Kier molecular flexibility index (Phi) is 6.08. The topological polar surface area (TPSA) is 49.4 Å². The van der Waals surface area contributed by atoms with Gasteiger partial charge >= 0.3 is 0 Å². The van der Waals surface area contributed by atoms with Crippen LogP contribution >= 0.6 is 0 Å². The zero-order valence-electron chi connectivity index (χ0n) is 12.1. The molecule has 1 saturated heterocycles. The molecule has 18 heavy (non-hydrogen) atoms. The molecule has 0 spiro atoms. The Bertz CT molecular complexity index is 341. The highest BCUT2D eigenvalue weighted by molar-refractivity contribution is 7.90. The molecule has 0 amide bonds. The van der Waals surface area contributed by atoms with E-state index in [2.05, 4.69) is 24.1 Å². The minimum absolute atomic E-state index is 0.0515. The molecule has 1 fully saturated rings. The average Bonchev–Trinajstić information content (AvgIpc) is 2.40. The molecule has 2 unspecified atom stereocenters. The molecule has 2 atom stereocenters. The highest BCUT2D eigenvalue weighted by atomic mass is 32.2. The van der Waals surface area contributed by atoms with E-state index in [0.717, 1.165) is 25.9 Å². The average molecular weight is 276 g/mol. The Morgan fingerprint density at radius 3 is 2.44 bits per heavy atom. The molecule has 4 nitrogen and oxygen atoms in total. The molecule has 0 bridgehead atoms. The number of nitrogens with one attached hydrogen (secondary N) is 1. The molecule has 1 rings (SSSR count). The largest absolute Gasteiger partial charge is 0.310 e. The van der Waals surface area contributed by atoms with E-state index in [1.54, 1.807) is 0 Å². The van der Waals surface area contributed by atoms with Crippen molar-refractivity contribution in [1.29, 1.82) is 0 Å². The van der Waals surface area contributed by atoms with Gasteiger partial charge in [0.15, 0.2) is 0 Å². The number of hydrogen-bond acceptors (Lipinski definition) is 4. The third-order valence-corrected chi connectivity index (χ3v) is 4.67. The second-order valence-electron chi connectivity index (χ2n) is 5.92. The van der Waals surface area contributed by atoms with E-state index >= 15 is 0 Å². The van der Waals surface area contributed by atoms with Gasteiger partial charge in [-0.3, -0.25) is 0 Å². The third-order valence-electron chi connectivity index (χ3n) is 3.57. The van der Waals surface area contributed by atoms with Crippen molar-refractivity contribution in [3.8, 4) is 0 Å². The summed E-state index contributed by atoms with van der Waals surface area (Å²) in [7, 11) is -2.88. The summed E-state index contributed by atoms with van der Waals surface area (Å²) in [6.45, 7) is 8.71. The van der Waals surface area contributed by atoms with Crippen LogP contribution in [0.4, 0.5) is 0 Å². The van der Waals surface area contributed by atoms with Gasteiger partial charge in [-0.1, -0.05) is 0 Å². The molecule has 1 heterocycles. The van der Waals surface area contributed by atoms with Gasteiger partial charge < -0.3 is 10.2 Å². The van der Waals surface area contributed by atoms with Gasteiger partial charge in [-0.25, -0.2) is 8.42 Å². The van der Waals surface area contributed by atoms with Crippen LogP contribution in [0.5, 0.6) is 0 Å². The van der Waals surface area contributed by atoms with Gasteiger partial charge in [0.1, 0.15) is 9.84 Å². The standard InChI is InChI=1S/C13H28N2O2S/c1-11(2)15-8-5-6-13(7-9-15)14-12(3)10-18(4,16)17/h11-14H,5-10H2,1-4H3. The van der Waals surface area contributed by atoms with Crippen LogP contribution in [-0.4, -0.2) is 56.5 Å². The minimum atomic E-state index is -2.88. The lowest BCUT2D eigenvalue weighted by Crippen LogP contribution is -2.41. The Hall–Kier alpha value is -0.130. The van der Waals surface area contributed by atoms with Crippen molar-refractivity contribution in [3.63, 3.8) is 0 Å². The van der Waals surface area contributed by atoms with Crippen LogP contribution in [0.3, 0.4) is 0 Å². The van der Waals surface area contributed by atoms with Gasteiger partial charge in [0.05, 0.1) is 5.75 Å². The van der Waals surface area contributed by atoms with E-state index in [4.69, 9.17) is 0 Å². The summed E-state index contributed by atoms with van der Waals surface area (Å²) in [5.41, 5.74) is 0. The number of hydrogen-bond donors (Lipinski definition) is 1. The van der Waals surface area contributed by atoms with Crippen LogP contribution in [0.15, 0.2) is 0 Å². The molecule has 5 heteroatoms. The van der Waals surface area contributed by atoms with Crippen LogP contribution in [0, 0.1) is 0 Å². The maximum atomic E-state index is 11.2. The van der Waals surface area contributed by atoms with Crippen molar-refractivity contribution < 1.29 is 8.42 Å². The van der Waals surface area contributed by atoms with Gasteiger partial charge in [-0.2, -0.15) is 0 Å². The highest BCUT2D eigenvalue weighted by Crippen LogP contribution is 2.14. The predicted octanol–water partition coefficient (Wildman–Crippen LogP) is 1.27. The van der Waals surface area contributed by atoms with E-state index in [1.807, 2.05) is 6.92 Å². The molecule has 0 saturated carbocycles. The van der Waals surface area contributed by atoms with E-state index in [1.165, 1.54) is 12.7 Å². The first-order valence-corrected chi connectivity index (χ1v) is 9.02. The fourth-order valence-electron chi connectivity index (χ4n) is 2.71. The summed E-state index contributed by atoms with van der Waals surface area (Å²) in [4.78, 5) is 2.50. The van der Waals surface area contributed by atoms with Crippen LogP contribution in [-0.2, 0) is 9.84 Å². The Labute approximate surface area is 112 Å². The van der Waals surface area contributed by atoms with E-state index < -0.39 is 9.84 Å². The van der Waals surface area contributed by atoms with Crippen LogP contribution in [0.2, 0.25) is 0 Å². The summed E-state index contributed by atoms with van der Waals surface area (Å²) >= 11 is 0. The SMILES string of the molecule is CC(CS(C)(=O)=O)NC1CCCN(C(C)C)CC1. The first-order chi connectivity index (χ1) is 8.28. The summed E-state index contributed by atoms with van der Waals surface area (Å²) in [6.07, 6.45) is 4.77. The smallest absolute Gasteiger partial charge is 0.148 e. The third kappa shape index (κ3) is 6.16. The van der Waals surface area contributed by atoms with Crippen LogP contribution in [0.1, 0.15) is 40.0 Å². The van der Waals surface area contributed by atoms with E-state index in [-0.39, 0.29) is 11.8 Å². The predicted molar refractivity (Wildman–Crippen MR) is 76.7 cm³/mol. The van der Waals surface area contributed by atoms with Gasteiger partial charge in [-0.05, 0) is 53.1 Å². The fourth-order valence-corrected chi connectivity index (χ4v) is 3.71. The normalized spacial score (nSPS) is 25.1. The van der Waals surface area contributed by atoms with E-state index in [0.29, 0.717) is 12.1 Å². The first kappa shape index (κ1) is 15.9. The fraction of sp³-hybridized carbons (Fsp3) is 1.00. The second kappa shape index (κ2) is 6.87. The molecule has 1 aliphatic heterocycles. The van der Waals surface area contributed by atoms with Crippen molar-refractivity contribution in [3.05, 3.63) is 0 Å². The molecule has 0 radical (unpaired) electrons. The molecular weight excluding hydrogens is 248 g/mol. The second-order valence-corrected chi connectivity index (χ2v) is 8.10. The van der Waals surface area contributed by atoms with Gasteiger partial charge in [0.25, 0.3) is 0 Å². The maximum Gasteiger partial charge on any atom is 0.148 e. The Balaban J connectivity index is 2.39. The molecule has 0 aromatic carbocycles. The molecular formula is C13H28N2O2S. The molecule has 1 N–H and O–H groups in total. The molecule has 0 aromatic heterocycles. The maximum absolute atomic E-state index is 11.2. The zero-order valence-corrected chi connectivity index (χ0v) is 13.0. The first-order valence-electron chi connectivity index (χ1n) is 6.96. The molecule has 108 valence electrons. The number of sulfone groups is 1. The lowest BCUT2D eigenvalue weighted by molar-refractivity contribution is 0.228. The highest BCUT2D eigenvalue weighted by Gasteiger charge is 2.20. The minimum Gasteiger partial charge on any atom is -0.310 e. The number of likely N-dealkylation sites (tertiary alicyclic amines) is 1. The van der Waals surface area contributed by atoms with Crippen molar-refractivity contribution in [2.24, 2.45) is 0 Å². The van der Waals surface area contributed by atoms with Gasteiger partial charge in [-0.15, -0.1) is 0 Å². The van der Waals surface area contributed by atoms with Crippen molar-refractivity contribution in [2.45, 2.75) is 58.2 Å². The van der Waals surface area contributed by atoms with Crippen LogP contribution in [0.25, 0.3) is 0 Å². The lowest BCUT2D eigenvalue weighted by atomic mass is 10.1. The quantitative estimate of drug-likeness (QED) is 0.821. The van der Waals surface area contributed by atoms with Gasteiger partial charge in [0.2, 0.25) is 0 Å². The molecule has 0 aliphatic carbocycles. The summed E-state index contributed by atoms with van der Waals surface area (Å²) in [5, 5.41) is 3.47. The Morgan fingerprint density at radius 2 is 1.89 bits per heavy atom. The van der Waals surface area contributed by atoms with Crippen molar-refractivity contribution in [1.82, 2.24) is 10.2 Å². The van der Waals surface area contributed by atoms with Crippen molar-refractivity contribution in [2.75, 3.05) is 25.1 Å².